The number of ether oxygens (including phenoxy) is 3. The quantitative estimate of drug-likeness (QED) is 0.205. The van der Waals surface area contributed by atoms with E-state index in [-0.39, 0.29) is 12.7 Å². The molecule has 1 saturated heterocycles. The molecule has 4 aromatic rings. The predicted octanol–water partition coefficient (Wildman–Crippen LogP) is 6.84. The second kappa shape index (κ2) is 12.7. The molecule has 0 bridgehead atoms. The van der Waals surface area contributed by atoms with Gasteiger partial charge >= 0.3 is 0 Å². The van der Waals surface area contributed by atoms with E-state index in [1.165, 1.54) is 11.1 Å². The van der Waals surface area contributed by atoms with Crippen LogP contribution >= 0.6 is 34.8 Å². The number of anilines is 1. The van der Waals surface area contributed by atoms with E-state index in [1.807, 2.05) is 47.2 Å². The Labute approximate surface area is 260 Å². The highest BCUT2D eigenvalue weighted by molar-refractivity contribution is 6.35. The Bertz CT molecular complexity index is 1560. The molecule has 1 aromatic heterocycles. The first-order chi connectivity index (χ1) is 20.4. The van der Waals surface area contributed by atoms with Gasteiger partial charge in [0.15, 0.2) is 0 Å². The summed E-state index contributed by atoms with van der Waals surface area (Å²) in [6.45, 7) is 3.63. The molecule has 3 heterocycles. The number of rotatable bonds is 9. The molecule has 3 aromatic carbocycles. The van der Waals surface area contributed by atoms with Crippen LogP contribution in [0.5, 0.6) is 5.75 Å². The highest BCUT2D eigenvalue weighted by atomic mass is 35.5. The molecular formula is C32H31Cl3N4O3. The Hall–Kier alpha value is -3.04. The van der Waals surface area contributed by atoms with E-state index in [9.17, 15) is 0 Å². The summed E-state index contributed by atoms with van der Waals surface area (Å²) in [6.07, 6.45) is 10.2. The first-order valence-corrected chi connectivity index (χ1v) is 14.9. The second-order valence-corrected chi connectivity index (χ2v) is 11.9. The molecule has 2 unspecified atom stereocenters. The van der Waals surface area contributed by atoms with Crippen molar-refractivity contribution in [1.29, 1.82) is 0 Å². The van der Waals surface area contributed by atoms with Crippen molar-refractivity contribution in [3.05, 3.63) is 117 Å². The number of imidazole rings is 1. The van der Waals surface area contributed by atoms with Crippen molar-refractivity contribution in [2.45, 2.75) is 31.4 Å². The molecule has 218 valence electrons. The number of benzene rings is 3. The predicted molar refractivity (Wildman–Crippen MR) is 167 cm³/mol. The van der Waals surface area contributed by atoms with Crippen LogP contribution in [-0.4, -0.2) is 46.9 Å². The summed E-state index contributed by atoms with van der Waals surface area (Å²) in [5, 5.41) is 1.75. The van der Waals surface area contributed by atoms with Crippen molar-refractivity contribution in [3.8, 4) is 5.75 Å². The van der Waals surface area contributed by atoms with Crippen LogP contribution in [0.25, 0.3) is 6.08 Å². The lowest BCUT2D eigenvalue weighted by Gasteiger charge is -2.30. The van der Waals surface area contributed by atoms with E-state index in [2.05, 4.69) is 28.1 Å². The lowest BCUT2D eigenvalue weighted by molar-refractivity contribution is -0.189. The average molecular weight is 626 g/mol. The SMILES string of the molecule is Nc1cc2c(cc1OCC1COC(Cn3ccnc3)(c3ccc(Cl)cc3Cl)O1)CCN(C/C=C/c1ccc(Cl)cc1)C2. The number of halogens is 3. The lowest BCUT2D eigenvalue weighted by atomic mass is 9.98. The summed E-state index contributed by atoms with van der Waals surface area (Å²) in [6, 6.07) is 17.2. The van der Waals surface area contributed by atoms with Crippen LogP contribution in [-0.2, 0) is 34.8 Å². The number of nitrogens with zero attached hydrogens (tertiary/aromatic N) is 3. The molecule has 0 amide bonds. The molecule has 0 spiro atoms. The Morgan fingerprint density at radius 3 is 2.67 bits per heavy atom. The lowest BCUT2D eigenvalue weighted by Crippen LogP contribution is -2.34. The van der Waals surface area contributed by atoms with Gasteiger partial charge in [-0.05, 0) is 59.5 Å². The molecule has 2 aliphatic rings. The maximum atomic E-state index is 6.59. The number of hydrogen-bond donors (Lipinski definition) is 1. The van der Waals surface area contributed by atoms with E-state index in [1.54, 1.807) is 24.7 Å². The van der Waals surface area contributed by atoms with Gasteiger partial charge in [-0.1, -0.05) is 65.2 Å². The van der Waals surface area contributed by atoms with Gasteiger partial charge in [0, 0.05) is 47.6 Å². The third kappa shape index (κ3) is 6.62. The zero-order valence-electron chi connectivity index (χ0n) is 22.9. The van der Waals surface area contributed by atoms with E-state index in [0.717, 1.165) is 36.6 Å². The van der Waals surface area contributed by atoms with E-state index in [0.29, 0.717) is 40.2 Å². The van der Waals surface area contributed by atoms with Crippen molar-refractivity contribution >= 4 is 46.6 Å². The largest absolute Gasteiger partial charge is 0.489 e. The van der Waals surface area contributed by atoms with Gasteiger partial charge in [-0.2, -0.15) is 0 Å². The summed E-state index contributed by atoms with van der Waals surface area (Å²) in [7, 11) is 0. The van der Waals surface area contributed by atoms with Crippen LogP contribution in [0, 0.1) is 0 Å². The molecule has 2 aliphatic heterocycles. The van der Waals surface area contributed by atoms with E-state index >= 15 is 0 Å². The zero-order chi connectivity index (χ0) is 29.1. The Kier molecular flexibility index (Phi) is 8.77. The van der Waals surface area contributed by atoms with Gasteiger partial charge in [0.25, 0.3) is 0 Å². The molecule has 7 nitrogen and oxygen atoms in total. The van der Waals surface area contributed by atoms with Crippen molar-refractivity contribution in [2.75, 3.05) is 32.0 Å². The highest BCUT2D eigenvalue weighted by Gasteiger charge is 2.45. The Morgan fingerprint density at radius 2 is 1.88 bits per heavy atom. The summed E-state index contributed by atoms with van der Waals surface area (Å²) in [5.41, 5.74) is 11.4. The monoisotopic (exact) mass is 624 g/mol. The number of fused-ring (bicyclic) bond motifs is 1. The molecule has 0 radical (unpaired) electrons. The van der Waals surface area contributed by atoms with Crippen molar-refractivity contribution in [2.24, 2.45) is 0 Å². The number of nitrogens with two attached hydrogens (primary N) is 1. The molecular weight excluding hydrogens is 595 g/mol. The van der Waals surface area contributed by atoms with Crippen molar-refractivity contribution in [3.63, 3.8) is 0 Å². The fourth-order valence-corrected chi connectivity index (χ4v) is 6.09. The summed E-state index contributed by atoms with van der Waals surface area (Å²) in [4.78, 5) is 6.55. The first kappa shape index (κ1) is 29.1. The van der Waals surface area contributed by atoms with Gasteiger partial charge in [0.1, 0.15) is 18.5 Å². The second-order valence-electron chi connectivity index (χ2n) is 10.6. The van der Waals surface area contributed by atoms with E-state index in [4.69, 9.17) is 54.7 Å². The molecule has 6 rings (SSSR count). The minimum Gasteiger partial charge on any atom is -0.489 e. The van der Waals surface area contributed by atoms with Gasteiger partial charge < -0.3 is 24.5 Å². The van der Waals surface area contributed by atoms with Crippen LogP contribution in [0.4, 0.5) is 5.69 Å². The van der Waals surface area contributed by atoms with Gasteiger partial charge in [-0.15, -0.1) is 0 Å². The third-order valence-electron chi connectivity index (χ3n) is 7.54. The first-order valence-electron chi connectivity index (χ1n) is 13.8. The molecule has 0 saturated carbocycles. The number of hydrogen-bond acceptors (Lipinski definition) is 6. The van der Waals surface area contributed by atoms with Crippen LogP contribution in [0.2, 0.25) is 15.1 Å². The zero-order valence-corrected chi connectivity index (χ0v) is 25.2. The molecule has 2 atom stereocenters. The maximum Gasteiger partial charge on any atom is 0.215 e. The van der Waals surface area contributed by atoms with Gasteiger partial charge in [0.05, 0.1) is 30.2 Å². The van der Waals surface area contributed by atoms with E-state index < -0.39 is 5.79 Å². The number of aromatic nitrogens is 2. The van der Waals surface area contributed by atoms with Crippen LogP contribution in [0.1, 0.15) is 22.3 Å². The van der Waals surface area contributed by atoms with Gasteiger partial charge in [0.2, 0.25) is 5.79 Å². The normalized spacial score (nSPS) is 20.7. The fraction of sp³-hybridized carbons (Fsp3) is 0.281. The average Bonchev–Trinajstić information content (AvgIpc) is 3.63. The van der Waals surface area contributed by atoms with Crippen LogP contribution < -0.4 is 10.5 Å². The summed E-state index contributed by atoms with van der Waals surface area (Å²) < 4.78 is 20.9. The minimum absolute atomic E-state index is 0.279. The smallest absolute Gasteiger partial charge is 0.215 e. The topological polar surface area (TPSA) is 74.8 Å². The number of nitrogen functional groups attached to an aromatic ring is 1. The van der Waals surface area contributed by atoms with Gasteiger partial charge in [-0.3, -0.25) is 4.90 Å². The third-order valence-corrected chi connectivity index (χ3v) is 8.34. The van der Waals surface area contributed by atoms with Crippen LogP contribution in [0.15, 0.2) is 79.4 Å². The molecule has 10 heteroatoms. The minimum atomic E-state index is -1.11. The van der Waals surface area contributed by atoms with Crippen molar-refractivity contribution < 1.29 is 14.2 Å². The molecule has 42 heavy (non-hydrogen) atoms. The summed E-state index contributed by atoms with van der Waals surface area (Å²) >= 11 is 18.7. The molecule has 1 fully saturated rings. The highest BCUT2D eigenvalue weighted by Crippen LogP contribution is 2.41. The Balaban J connectivity index is 1.09. The standard InChI is InChI=1S/C32H31Cl3N4O3/c33-25-5-3-22(4-6-25)2-1-11-38-12-9-23-15-31(30(36)14-24(23)17-38)40-18-27-19-41-32(42-27,20-39-13-10-37-21-39)28-8-7-26(34)16-29(28)35/h1-8,10,13-16,21,27H,9,11-12,17-20,36H2/b2-1+. The fourth-order valence-electron chi connectivity index (χ4n) is 5.41. The van der Waals surface area contributed by atoms with Crippen LogP contribution in [0.3, 0.4) is 0 Å². The molecule has 0 aliphatic carbocycles. The maximum absolute atomic E-state index is 6.59. The molecule has 2 N–H and O–H groups in total. The summed E-state index contributed by atoms with van der Waals surface area (Å²) in [5.74, 6) is -0.450. The van der Waals surface area contributed by atoms with Gasteiger partial charge in [-0.25, -0.2) is 4.98 Å². The Morgan fingerprint density at radius 1 is 1.05 bits per heavy atom. The van der Waals surface area contributed by atoms with Crippen molar-refractivity contribution in [1.82, 2.24) is 14.5 Å².